The molecule has 42 heavy (non-hydrogen) atoms. The fraction of sp³-hybridized carbons (Fsp3) is 0.292. The summed E-state index contributed by atoms with van der Waals surface area (Å²) in [6.07, 6.45) is 0.998. The summed E-state index contributed by atoms with van der Waals surface area (Å²) in [6, 6.07) is 7.81. The Kier molecular flexibility index (Phi) is 11.1. The van der Waals surface area contributed by atoms with E-state index < -0.39 is 34.2 Å². The van der Waals surface area contributed by atoms with Gasteiger partial charge in [-0.1, -0.05) is 23.2 Å². The number of aliphatic hydroxyl groups is 1. The zero-order valence-electron chi connectivity index (χ0n) is 21.5. The molecule has 1 atom stereocenters. The zero-order valence-corrected chi connectivity index (χ0v) is 23.8. The van der Waals surface area contributed by atoms with Crippen molar-refractivity contribution in [1.29, 1.82) is 0 Å². The molecular formula is C24H24Cl2N4O11S. The second-order valence-corrected chi connectivity index (χ2v) is 10.9. The van der Waals surface area contributed by atoms with Crippen LogP contribution in [-0.2, 0) is 24.5 Å². The molecule has 4 rings (SSSR count). The minimum atomic E-state index is -4.62. The van der Waals surface area contributed by atoms with Gasteiger partial charge in [0.15, 0.2) is 6.29 Å². The highest BCUT2D eigenvalue weighted by molar-refractivity contribution is 7.86. The average Bonchev–Trinajstić information content (AvgIpc) is 2.91. The summed E-state index contributed by atoms with van der Waals surface area (Å²) in [4.78, 5) is 58.5. The van der Waals surface area contributed by atoms with Crippen LogP contribution in [0.1, 0.15) is 12.8 Å². The number of hydrogen-bond acceptors (Lipinski definition) is 10. The summed E-state index contributed by atoms with van der Waals surface area (Å²) in [5.41, 5.74) is -1.25. The maximum atomic E-state index is 11.7. The van der Waals surface area contributed by atoms with Crippen LogP contribution < -0.4 is 29.9 Å². The van der Waals surface area contributed by atoms with E-state index >= 15 is 0 Å². The lowest BCUT2D eigenvalue weighted by molar-refractivity contribution is -0.121. The van der Waals surface area contributed by atoms with Crippen LogP contribution in [0, 0.1) is 0 Å². The van der Waals surface area contributed by atoms with Crippen LogP contribution in [0.2, 0.25) is 10.0 Å². The molecule has 2 aliphatic heterocycles. The number of aliphatic hydroxyl groups excluding tert-OH is 1. The van der Waals surface area contributed by atoms with Crippen LogP contribution in [-0.4, -0.2) is 80.0 Å². The standard InChI is InChI=1S/C12H13ClN2O7S.C12H11ClN2O4/c13-8-5-7(22-6-11(17)23(19,20)21)1-2-9(8)15-4-3-10(16)14-12(15)18;13-9-7-8(19-6-5-16)1-2-10(9)15-4-3-11(17)14-12(15)18/h1-2,5,11,17H,3-4,6H2,(H,14,16,18)(H,19,20,21);1-2,5,7H,3-4,6H2,(H,14,17,18). The maximum Gasteiger partial charge on any atom is 0.328 e. The summed E-state index contributed by atoms with van der Waals surface area (Å²) in [5, 5.41) is 14.0. The van der Waals surface area contributed by atoms with Gasteiger partial charge in [-0.3, -0.25) is 39.4 Å². The van der Waals surface area contributed by atoms with Gasteiger partial charge in [-0.05, 0) is 24.3 Å². The smallest absolute Gasteiger partial charge is 0.328 e. The predicted molar refractivity (Wildman–Crippen MR) is 149 cm³/mol. The third-order valence-corrected chi connectivity index (χ3v) is 7.01. The molecule has 0 aromatic heterocycles. The molecule has 2 aliphatic rings. The second-order valence-electron chi connectivity index (χ2n) is 8.49. The highest BCUT2D eigenvalue weighted by Gasteiger charge is 2.27. The van der Waals surface area contributed by atoms with Crippen molar-refractivity contribution in [3.63, 3.8) is 0 Å². The van der Waals surface area contributed by atoms with Crippen molar-refractivity contribution in [3.05, 3.63) is 46.4 Å². The summed E-state index contributed by atoms with van der Waals surface area (Å²) >= 11 is 12.1. The molecule has 2 saturated heterocycles. The zero-order chi connectivity index (χ0) is 31.0. The highest BCUT2D eigenvalue weighted by Crippen LogP contribution is 2.32. The number of nitrogens with one attached hydrogen (secondary N) is 2. The lowest BCUT2D eigenvalue weighted by atomic mass is 10.2. The number of imide groups is 2. The first kappa shape index (κ1) is 32.6. The van der Waals surface area contributed by atoms with E-state index in [1.165, 1.54) is 34.1 Å². The molecule has 1 unspecified atom stereocenters. The van der Waals surface area contributed by atoms with E-state index in [1.54, 1.807) is 12.1 Å². The molecule has 0 radical (unpaired) electrons. The van der Waals surface area contributed by atoms with Gasteiger partial charge in [0.05, 0.1) is 21.4 Å². The Hall–Kier alpha value is -3.96. The van der Waals surface area contributed by atoms with Gasteiger partial charge in [0, 0.05) is 38.1 Å². The summed E-state index contributed by atoms with van der Waals surface area (Å²) in [6.45, 7) is -0.299. The summed E-state index contributed by atoms with van der Waals surface area (Å²) in [7, 11) is -4.62. The van der Waals surface area contributed by atoms with E-state index in [0.29, 0.717) is 28.4 Å². The van der Waals surface area contributed by atoms with Gasteiger partial charge < -0.3 is 14.6 Å². The van der Waals surface area contributed by atoms with Crippen molar-refractivity contribution in [2.75, 3.05) is 36.1 Å². The Morgan fingerprint density at radius 2 is 1.31 bits per heavy atom. The first-order valence-electron chi connectivity index (χ1n) is 12.0. The molecule has 0 spiro atoms. The van der Waals surface area contributed by atoms with Crippen molar-refractivity contribution in [3.8, 4) is 11.5 Å². The number of rotatable bonds is 9. The van der Waals surface area contributed by atoms with Gasteiger partial charge in [0.1, 0.15) is 24.7 Å². The van der Waals surface area contributed by atoms with Gasteiger partial charge in [-0.15, -0.1) is 0 Å². The Morgan fingerprint density at radius 1 is 0.857 bits per heavy atom. The van der Waals surface area contributed by atoms with Crippen LogP contribution in [0.25, 0.3) is 0 Å². The minimum Gasteiger partial charge on any atom is -0.490 e. The first-order valence-corrected chi connectivity index (χ1v) is 14.2. The van der Waals surface area contributed by atoms with E-state index in [9.17, 15) is 32.4 Å². The second kappa shape index (κ2) is 14.3. The summed E-state index contributed by atoms with van der Waals surface area (Å²) in [5.74, 6) is -0.103. The highest BCUT2D eigenvalue weighted by atomic mass is 35.5. The van der Waals surface area contributed by atoms with E-state index in [2.05, 4.69) is 10.6 Å². The molecule has 0 saturated carbocycles. The van der Waals surface area contributed by atoms with Gasteiger partial charge >= 0.3 is 12.1 Å². The number of urea groups is 2. The van der Waals surface area contributed by atoms with Gasteiger partial charge in [-0.25, -0.2) is 9.59 Å². The van der Waals surface area contributed by atoms with E-state index in [4.69, 9.17) is 42.3 Å². The lowest BCUT2D eigenvalue weighted by Gasteiger charge is -2.27. The molecule has 18 heteroatoms. The van der Waals surface area contributed by atoms with Gasteiger partial charge in [-0.2, -0.15) is 8.42 Å². The van der Waals surface area contributed by atoms with Crippen LogP contribution >= 0.6 is 23.2 Å². The molecule has 4 N–H and O–H groups in total. The first-order chi connectivity index (χ1) is 19.8. The molecule has 0 aliphatic carbocycles. The number of halogens is 2. The molecule has 226 valence electrons. The van der Waals surface area contributed by atoms with Crippen molar-refractivity contribution in [2.45, 2.75) is 18.3 Å². The monoisotopic (exact) mass is 646 g/mol. The van der Waals surface area contributed by atoms with Crippen LogP contribution in [0.15, 0.2) is 36.4 Å². The number of anilines is 2. The van der Waals surface area contributed by atoms with E-state index in [0.717, 1.165) is 0 Å². The molecule has 6 amide bonds. The largest absolute Gasteiger partial charge is 0.490 e. The lowest BCUT2D eigenvalue weighted by Crippen LogP contribution is -2.49. The fourth-order valence-electron chi connectivity index (χ4n) is 3.56. The molecule has 15 nitrogen and oxygen atoms in total. The average molecular weight is 647 g/mol. The predicted octanol–water partition coefficient (Wildman–Crippen LogP) is 1.74. The number of carbonyl (C=O) groups is 5. The Labute approximate surface area is 249 Å². The van der Waals surface area contributed by atoms with Crippen molar-refractivity contribution >= 4 is 74.9 Å². The third-order valence-electron chi connectivity index (χ3n) is 5.58. The Bertz CT molecular complexity index is 1490. The van der Waals surface area contributed by atoms with Gasteiger partial charge in [0.2, 0.25) is 17.3 Å². The molecular weight excluding hydrogens is 623 g/mol. The number of carbonyl (C=O) groups excluding carboxylic acids is 5. The van der Waals surface area contributed by atoms with Crippen molar-refractivity contribution < 1.29 is 51.5 Å². The fourth-order valence-corrected chi connectivity index (χ4v) is 4.35. The molecule has 2 heterocycles. The Morgan fingerprint density at radius 3 is 1.69 bits per heavy atom. The number of benzene rings is 2. The quantitative estimate of drug-likeness (QED) is 0.228. The molecule has 2 aromatic rings. The van der Waals surface area contributed by atoms with Crippen LogP contribution in [0.3, 0.4) is 0 Å². The van der Waals surface area contributed by atoms with Crippen molar-refractivity contribution in [1.82, 2.24) is 10.6 Å². The minimum absolute atomic E-state index is 0.0611. The molecule has 0 bridgehead atoms. The van der Waals surface area contributed by atoms with Gasteiger partial charge in [0.25, 0.3) is 10.1 Å². The number of amides is 6. The van der Waals surface area contributed by atoms with Crippen LogP contribution in [0.5, 0.6) is 11.5 Å². The molecule has 2 fully saturated rings. The molecule has 2 aromatic carbocycles. The van der Waals surface area contributed by atoms with E-state index in [-0.39, 0.29) is 55.1 Å². The number of hydrogen-bond donors (Lipinski definition) is 4. The Balaban J connectivity index is 0.000000235. The van der Waals surface area contributed by atoms with Crippen molar-refractivity contribution in [2.24, 2.45) is 0 Å². The van der Waals surface area contributed by atoms with Crippen LogP contribution in [0.4, 0.5) is 21.0 Å². The maximum absolute atomic E-state index is 11.7. The normalized spacial score (nSPS) is 16.1. The number of nitrogens with zero attached hydrogens (tertiary/aromatic N) is 2. The SMILES string of the molecule is O=C1CCN(c2ccc(OCC(O)S(=O)(=O)O)cc2Cl)C(=O)N1.O=CCOc1ccc(N2CCC(=O)NC2=O)c(Cl)c1. The third kappa shape index (κ3) is 8.77. The number of aldehydes is 1. The van der Waals surface area contributed by atoms with E-state index in [1.807, 2.05) is 0 Å². The summed E-state index contributed by atoms with van der Waals surface area (Å²) < 4.78 is 40.1. The topological polar surface area (TPSA) is 209 Å². The number of ether oxygens (including phenoxy) is 2.